The van der Waals surface area contributed by atoms with Crippen molar-refractivity contribution in [3.63, 3.8) is 0 Å². The van der Waals surface area contributed by atoms with Crippen LogP contribution in [0.15, 0.2) is 6.20 Å². The fourth-order valence-electron chi connectivity index (χ4n) is 1.82. The first kappa shape index (κ1) is 12.5. The predicted molar refractivity (Wildman–Crippen MR) is 66.0 cm³/mol. The Bertz CT molecular complexity index is 350. The van der Waals surface area contributed by atoms with E-state index in [1.54, 1.807) is 0 Å². The van der Waals surface area contributed by atoms with Crippen LogP contribution in [0.4, 0.5) is 0 Å². The summed E-state index contributed by atoms with van der Waals surface area (Å²) in [6.45, 7) is 12.2. The van der Waals surface area contributed by atoms with E-state index in [9.17, 15) is 0 Å². The van der Waals surface area contributed by atoms with Crippen LogP contribution < -0.4 is 0 Å². The molecular weight excluding hydrogens is 216 g/mol. The third-order valence-corrected chi connectivity index (χ3v) is 3.06. The van der Waals surface area contributed by atoms with Gasteiger partial charge in [0, 0.05) is 31.2 Å². The minimum Gasteiger partial charge on any atom is -0.379 e. The molecule has 17 heavy (non-hydrogen) atoms. The molecule has 96 valence electrons. The van der Waals surface area contributed by atoms with Crippen molar-refractivity contribution < 1.29 is 4.74 Å². The van der Waals surface area contributed by atoms with Crippen molar-refractivity contribution in [2.24, 2.45) is 0 Å². The zero-order chi connectivity index (χ0) is 12.3. The van der Waals surface area contributed by atoms with Crippen LogP contribution in [0.3, 0.4) is 0 Å². The average molecular weight is 238 g/mol. The van der Waals surface area contributed by atoms with Crippen LogP contribution >= 0.6 is 0 Å². The van der Waals surface area contributed by atoms with Gasteiger partial charge in [-0.25, -0.2) is 0 Å². The zero-order valence-corrected chi connectivity index (χ0v) is 11.0. The van der Waals surface area contributed by atoms with E-state index < -0.39 is 0 Å². The molecule has 0 aromatic carbocycles. The number of nitrogens with zero attached hydrogens (tertiary/aromatic N) is 4. The Labute approximate surface area is 103 Å². The number of rotatable bonds is 3. The molecule has 5 heteroatoms. The van der Waals surface area contributed by atoms with Crippen LogP contribution in [0.2, 0.25) is 0 Å². The van der Waals surface area contributed by atoms with Gasteiger partial charge in [-0.1, -0.05) is 26.0 Å². The normalized spacial score (nSPS) is 18.5. The molecule has 0 unspecified atom stereocenters. The van der Waals surface area contributed by atoms with Gasteiger partial charge >= 0.3 is 0 Å². The summed E-state index contributed by atoms with van der Waals surface area (Å²) in [4.78, 5) is 2.40. The van der Waals surface area contributed by atoms with Crippen molar-refractivity contribution >= 4 is 0 Å². The highest BCUT2D eigenvalue weighted by Crippen LogP contribution is 2.18. The lowest BCUT2D eigenvalue weighted by molar-refractivity contribution is 0.0359. The van der Waals surface area contributed by atoms with Gasteiger partial charge in [0.1, 0.15) is 0 Å². The molecule has 1 aliphatic heterocycles. The smallest absolute Gasteiger partial charge is 0.0880 e. The third kappa shape index (κ3) is 3.51. The number of morpholine rings is 1. The third-order valence-electron chi connectivity index (χ3n) is 3.06. The molecular formula is C12H22N4O. The summed E-state index contributed by atoms with van der Waals surface area (Å²) in [6.07, 6.45) is 2.06. The van der Waals surface area contributed by atoms with Gasteiger partial charge in [-0.3, -0.25) is 9.58 Å². The molecule has 0 amide bonds. The second-order valence-corrected chi connectivity index (χ2v) is 5.57. The van der Waals surface area contributed by atoms with Crippen LogP contribution in [-0.4, -0.2) is 52.7 Å². The fourth-order valence-corrected chi connectivity index (χ4v) is 1.82. The molecule has 0 atom stereocenters. The van der Waals surface area contributed by atoms with Crippen LogP contribution in [-0.2, 0) is 16.7 Å². The van der Waals surface area contributed by atoms with Crippen LogP contribution in [0.1, 0.15) is 26.5 Å². The van der Waals surface area contributed by atoms with Gasteiger partial charge in [-0.05, 0) is 0 Å². The van der Waals surface area contributed by atoms with Gasteiger partial charge in [-0.2, -0.15) is 0 Å². The maximum atomic E-state index is 5.32. The van der Waals surface area contributed by atoms with Crippen LogP contribution in [0.5, 0.6) is 0 Å². The molecule has 5 nitrogen and oxygen atoms in total. The van der Waals surface area contributed by atoms with Gasteiger partial charge in [0.05, 0.1) is 25.5 Å². The molecule has 1 aromatic heterocycles. The predicted octanol–water partition coefficient (Wildman–Crippen LogP) is 0.908. The molecule has 0 saturated carbocycles. The van der Waals surface area contributed by atoms with E-state index in [2.05, 4.69) is 42.2 Å². The summed E-state index contributed by atoms with van der Waals surface area (Å²) in [5, 5.41) is 8.40. The molecule has 1 aromatic rings. The van der Waals surface area contributed by atoms with Crippen LogP contribution in [0, 0.1) is 0 Å². The summed E-state index contributed by atoms with van der Waals surface area (Å²) in [6, 6.07) is 0. The van der Waals surface area contributed by atoms with Crippen molar-refractivity contribution in [3.8, 4) is 0 Å². The van der Waals surface area contributed by atoms with E-state index in [1.807, 2.05) is 4.68 Å². The first-order valence-electron chi connectivity index (χ1n) is 6.26. The molecule has 2 heterocycles. The maximum absolute atomic E-state index is 5.32. The Morgan fingerprint density at radius 1 is 1.24 bits per heavy atom. The molecule has 0 spiro atoms. The molecule has 0 aliphatic carbocycles. The van der Waals surface area contributed by atoms with E-state index in [0.717, 1.165) is 45.1 Å². The van der Waals surface area contributed by atoms with Gasteiger partial charge < -0.3 is 4.74 Å². The number of hydrogen-bond acceptors (Lipinski definition) is 4. The summed E-state index contributed by atoms with van der Waals surface area (Å²) in [7, 11) is 0. The minimum atomic E-state index is 0.0806. The molecule has 0 radical (unpaired) electrons. The van der Waals surface area contributed by atoms with E-state index in [1.165, 1.54) is 0 Å². The summed E-state index contributed by atoms with van der Waals surface area (Å²) >= 11 is 0. The first-order valence-corrected chi connectivity index (χ1v) is 6.26. The Balaban J connectivity index is 1.84. The summed E-state index contributed by atoms with van der Waals surface area (Å²) in [5.74, 6) is 0. The summed E-state index contributed by atoms with van der Waals surface area (Å²) < 4.78 is 7.26. The van der Waals surface area contributed by atoms with Gasteiger partial charge in [0.15, 0.2) is 0 Å². The van der Waals surface area contributed by atoms with E-state index in [4.69, 9.17) is 4.74 Å². The van der Waals surface area contributed by atoms with Crippen molar-refractivity contribution in [1.29, 1.82) is 0 Å². The van der Waals surface area contributed by atoms with Gasteiger partial charge in [0.25, 0.3) is 0 Å². The lowest BCUT2D eigenvalue weighted by atomic mass is 9.93. The van der Waals surface area contributed by atoms with Gasteiger partial charge in [0.2, 0.25) is 0 Å². The molecule has 1 saturated heterocycles. The van der Waals surface area contributed by atoms with Gasteiger partial charge in [-0.15, -0.1) is 5.10 Å². The number of aromatic nitrogens is 3. The Hall–Kier alpha value is -0.940. The number of ether oxygens (including phenoxy) is 1. The first-order chi connectivity index (χ1) is 8.05. The number of hydrogen-bond donors (Lipinski definition) is 0. The van der Waals surface area contributed by atoms with E-state index in [-0.39, 0.29) is 5.41 Å². The van der Waals surface area contributed by atoms with Crippen molar-refractivity contribution in [3.05, 3.63) is 11.9 Å². The molecule has 1 aliphatic rings. The minimum absolute atomic E-state index is 0.0806. The highest BCUT2D eigenvalue weighted by molar-refractivity contribution is 5.06. The SMILES string of the molecule is CC(C)(C)c1cn(CCN2CCOCC2)nn1. The Morgan fingerprint density at radius 3 is 2.53 bits per heavy atom. The zero-order valence-electron chi connectivity index (χ0n) is 11.0. The lowest BCUT2D eigenvalue weighted by Gasteiger charge is -2.26. The highest BCUT2D eigenvalue weighted by atomic mass is 16.5. The second-order valence-electron chi connectivity index (χ2n) is 5.57. The largest absolute Gasteiger partial charge is 0.379 e. The molecule has 2 rings (SSSR count). The topological polar surface area (TPSA) is 43.2 Å². The Kier molecular flexibility index (Phi) is 3.79. The lowest BCUT2D eigenvalue weighted by Crippen LogP contribution is -2.38. The van der Waals surface area contributed by atoms with Crippen molar-refractivity contribution in [1.82, 2.24) is 19.9 Å². The average Bonchev–Trinajstić information content (AvgIpc) is 2.76. The standard InChI is InChI=1S/C12H22N4O/c1-12(2,3)11-10-16(14-13-11)5-4-15-6-8-17-9-7-15/h10H,4-9H2,1-3H3. The second kappa shape index (κ2) is 5.14. The summed E-state index contributed by atoms with van der Waals surface area (Å²) in [5.41, 5.74) is 1.14. The molecule has 0 bridgehead atoms. The maximum Gasteiger partial charge on any atom is 0.0880 e. The quantitative estimate of drug-likeness (QED) is 0.785. The molecule has 0 N–H and O–H groups in total. The fraction of sp³-hybridized carbons (Fsp3) is 0.833. The Morgan fingerprint density at radius 2 is 1.94 bits per heavy atom. The highest BCUT2D eigenvalue weighted by Gasteiger charge is 2.18. The van der Waals surface area contributed by atoms with E-state index >= 15 is 0 Å². The van der Waals surface area contributed by atoms with Crippen molar-refractivity contribution in [2.45, 2.75) is 32.7 Å². The van der Waals surface area contributed by atoms with E-state index in [0.29, 0.717) is 0 Å². The molecule has 1 fully saturated rings. The van der Waals surface area contributed by atoms with Crippen molar-refractivity contribution in [2.75, 3.05) is 32.8 Å². The monoisotopic (exact) mass is 238 g/mol. The van der Waals surface area contributed by atoms with Crippen LogP contribution in [0.25, 0.3) is 0 Å².